The van der Waals surface area contributed by atoms with Crippen molar-refractivity contribution in [3.63, 3.8) is 0 Å². The molecule has 0 heteroatoms. The van der Waals surface area contributed by atoms with Gasteiger partial charge < -0.3 is 0 Å². The van der Waals surface area contributed by atoms with Crippen molar-refractivity contribution < 1.29 is 0 Å². The van der Waals surface area contributed by atoms with Gasteiger partial charge in [0.25, 0.3) is 0 Å². The first-order valence-corrected chi connectivity index (χ1v) is 9.44. The van der Waals surface area contributed by atoms with Crippen LogP contribution in [0.2, 0.25) is 0 Å². The lowest BCUT2D eigenvalue weighted by molar-refractivity contribution is 0.259. The predicted molar refractivity (Wildman–Crippen MR) is 94.3 cm³/mol. The van der Waals surface area contributed by atoms with E-state index in [9.17, 15) is 0 Å². The summed E-state index contributed by atoms with van der Waals surface area (Å²) in [6.45, 7) is 4.99. The molecule has 2 saturated carbocycles. The molecule has 118 valence electrons. The zero-order valence-corrected chi connectivity index (χ0v) is 14.1. The molecule has 0 spiro atoms. The van der Waals surface area contributed by atoms with Crippen molar-refractivity contribution in [1.82, 2.24) is 0 Å². The average Bonchev–Trinajstić information content (AvgIpc) is 3.01. The summed E-state index contributed by atoms with van der Waals surface area (Å²) in [7, 11) is 0. The van der Waals surface area contributed by atoms with E-state index in [0.717, 1.165) is 47.3 Å². The van der Waals surface area contributed by atoms with Gasteiger partial charge in [-0.25, -0.2) is 0 Å². The van der Waals surface area contributed by atoms with E-state index in [1.165, 1.54) is 25.7 Å². The summed E-state index contributed by atoms with van der Waals surface area (Å²) in [6.07, 6.45) is 24.7. The molecule has 0 N–H and O–H groups in total. The summed E-state index contributed by atoms with van der Waals surface area (Å²) in [6, 6.07) is 0. The summed E-state index contributed by atoms with van der Waals surface area (Å²) in [5, 5.41) is 0. The molecule has 0 saturated heterocycles. The third kappa shape index (κ3) is 2.45. The van der Waals surface area contributed by atoms with Crippen molar-refractivity contribution in [3.05, 3.63) is 48.6 Å². The van der Waals surface area contributed by atoms with Crippen LogP contribution in [0.15, 0.2) is 48.6 Å². The van der Waals surface area contributed by atoms with E-state index in [2.05, 4.69) is 62.5 Å². The van der Waals surface area contributed by atoms with Gasteiger partial charge in [0, 0.05) is 0 Å². The van der Waals surface area contributed by atoms with Crippen LogP contribution in [-0.4, -0.2) is 0 Å². The Labute approximate surface area is 136 Å². The number of allylic oxidation sites excluding steroid dienone is 8. The molecule has 0 aromatic heterocycles. The second-order valence-electron chi connectivity index (χ2n) is 8.35. The first-order chi connectivity index (χ1) is 10.7. The van der Waals surface area contributed by atoms with Crippen LogP contribution in [0, 0.1) is 47.3 Å². The van der Waals surface area contributed by atoms with Crippen molar-refractivity contribution in [3.8, 4) is 0 Å². The quantitative estimate of drug-likeness (QED) is 0.617. The molecule has 0 amide bonds. The largest absolute Gasteiger partial charge is 0.0808 e. The Morgan fingerprint density at radius 2 is 1.05 bits per heavy atom. The van der Waals surface area contributed by atoms with Crippen molar-refractivity contribution >= 4 is 0 Å². The molecule has 0 aromatic rings. The van der Waals surface area contributed by atoms with E-state index < -0.39 is 0 Å². The summed E-state index contributed by atoms with van der Waals surface area (Å²) < 4.78 is 0. The van der Waals surface area contributed by atoms with E-state index in [4.69, 9.17) is 0 Å². The number of fused-ring (bicyclic) bond motifs is 2. The maximum Gasteiger partial charge on any atom is -0.0136 e. The Morgan fingerprint density at radius 3 is 1.50 bits per heavy atom. The van der Waals surface area contributed by atoms with Gasteiger partial charge in [-0.05, 0) is 73.0 Å². The van der Waals surface area contributed by atoms with E-state index >= 15 is 0 Å². The fourth-order valence-corrected chi connectivity index (χ4v) is 6.04. The third-order valence-electron chi connectivity index (χ3n) is 7.17. The molecule has 4 unspecified atom stereocenters. The van der Waals surface area contributed by atoms with Crippen molar-refractivity contribution in [2.24, 2.45) is 47.3 Å². The predicted octanol–water partition coefficient (Wildman–Crippen LogP) is 5.80. The number of hydrogen-bond donors (Lipinski definition) is 0. The average molecular weight is 294 g/mol. The zero-order valence-electron chi connectivity index (χ0n) is 14.1. The van der Waals surface area contributed by atoms with E-state index in [0.29, 0.717) is 0 Å². The van der Waals surface area contributed by atoms with Gasteiger partial charge in [-0.15, -0.1) is 0 Å². The molecule has 0 heterocycles. The molecule has 22 heavy (non-hydrogen) atoms. The molecular weight excluding hydrogens is 264 g/mol. The van der Waals surface area contributed by atoms with Gasteiger partial charge in [0.1, 0.15) is 0 Å². The Balaban J connectivity index is 1.42. The third-order valence-corrected chi connectivity index (χ3v) is 7.17. The zero-order chi connectivity index (χ0) is 15.1. The SMILES string of the molecule is C[C@@H]1CC2C=CC=CC2[C@@H]1CC[C@@H]1C2C=CC=CC2C[C@@H]1C. The van der Waals surface area contributed by atoms with Gasteiger partial charge in [-0.2, -0.15) is 0 Å². The second kappa shape index (κ2) is 5.87. The molecule has 4 rings (SSSR count). The molecule has 8 atom stereocenters. The highest BCUT2D eigenvalue weighted by molar-refractivity contribution is 5.19. The highest BCUT2D eigenvalue weighted by Crippen LogP contribution is 2.50. The maximum atomic E-state index is 2.50. The molecule has 0 radical (unpaired) electrons. The first-order valence-electron chi connectivity index (χ1n) is 9.44. The van der Waals surface area contributed by atoms with Crippen molar-refractivity contribution in [2.75, 3.05) is 0 Å². The van der Waals surface area contributed by atoms with Crippen LogP contribution >= 0.6 is 0 Å². The van der Waals surface area contributed by atoms with Crippen molar-refractivity contribution in [2.45, 2.75) is 39.5 Å². The molecule has 2 fully saturated rings. The minimum atomic E-state index is 0.828. The van der Waals surface area contributed by atoms with Crippen LogP contribution in [0.3, 0.4) is 0 Å². The van der Waals surface area contributed by atoms with Gasteiger partial charge in [0.15, 0.2) is 0 Å². The van der Waals surface area contributed by atoms with Gasteiger partial charge in [0.2, 0.25) is 0 Å². The summed E-state index contributed by atoms with van der Waals surface area (Å²) in [4.78, 5) is 0. The molecule has 0 bridgehead atoms. The number of hydrogen-bond acceptors (Lipinski definition) is 0. The minimum Gasteiger partial charge on any atom is -0.0808 e. The Kier molecular flexibility index (Phi) is 3.88. The monoisotopic (exact) mass is 294 g/mol. The van der Waals surface area contributed by atoms with Crippen LogP contribution in [0.4, 0.5) is 0 Å². The lowest BCUT2D eigenvalue weighted by Crippen LogP contribution is -2.20. The van der Waals surface area contributed by atoms with Gasteiger partial charge >= 0.3 is 0 Å². The summed E-state index contributed by atoms with van der Waals surface area (Å²) >= 11 is 0. The van der Waals surface area contributed by atoms with Crippen LogP contribution < -0.4 is 0 Å². The van der Waals surface area contributed by atoms with Crippen LogP contribution in [0.25, 0.3) is 0 Å². The highest BCUT2D eigenvalue weighted by atomic mass is 14.5. The van der Waals surface area contributed by atoms with E-state index in [1.807, 2.05) is 0 Å². The smallest absolute Gasteiger partial charge is 0.0136 e. The topological polar surface area (TPSA) is 0 Å². The van der Waals surface area contributed by atoms with Gasteiger partial charge in [0.05, 0.1) is 0 Å². The number of rotatable bonds is 3. The Morgan fingerprint density at radius 1 is 0.636 bits per heavy atom. The Hall–Kier alpha value is -1.04. The van der Waals surface area contributed by atoms with Gasteiger partial charge in [-0.1, -0.05) is 62.5 Å². The highest BCUT2D eigenvalue weighted by Gasteiger charge is 2.42. The van der Waals surface area contributed by atoms with Crippen LogP contribution in [-0.2, 0) is 0 Å². The van der Waals surface area contributed by atoms with Crippen LogP contribution in [0.1, 0.15) is 39.5 Å². The molecule has 0 aliphatic heterocycles. The van der Waals surface area contributed by atoms with Gasteiger partial charge in [-0.3, -0.25) is 0 Å². The lowest BCUT2D eigenvalue weighted by Gasteiger charge is -2.28. The van der Waals surface area contributed by atoms with E-state index in [-0.39, 0.29) is 0 Å². The van der Waals surface area contributed by atoms with E-state index in [1.54, 1.807) is 0 Å². The minimum absolute atomic E-state index is 0.828. The first kappa shape index (κ1) is 14.5. The maximum absolute atomic E-state index is 2.50. The Bertz CT molecular complexity index is 472. The standard InChI is InChI=1S/C22H30/c1-15-13-17-7-3-5-9-21(17)19(15)11-12-20-16(2)14-18-8-4-6-10-22(18)20/h3-10,15-22H,11-14H2,1-2H3/t15-,16+,17?,18?,19-,20+,21?,22?. The second-order valence-corrected chi connectivity index (χ2v) is 8.35. The fourth-order valence-electron chi connectivity index (χ4n) is 6.04. The molecule has 4 aliphatic carbocycles. The lowest BCUT2D eigenvalue weighted by atomic mass is 9.77. The molecular formula is C22H30. The molecule has 4 aliphatic rings. The summed E-state index contributed by atoms with van der Waals surface area (Å²) in [5.41, 5.74) is 0. The normalized spacial score (nSPS) is 48.6. The molecule has 0 nitrogen and oxygen atoms in total. The fraction of sp³-hybridized carbons (Fsp3) is 0.636. The summed E-state index contributed by atoms with van der Waals surface area (Å²) in [5.74, 6) is 6.95. The molecule has 0 aromatic carbocycles. The van der Waals surface area contributed by atoms with Crippen molar-refractivity contribution in [1.29, 1.82) is 0 Å². The van der Waals surface area contributed by atoms with Crippen LogP contribution in [0.5, 0.6) is 0 Å².